The molecule has 0 amide bonds. The Kier molecular flexibility index (Phi) is 4.50. The van der Waals surface area contributed by atoms with Gasteiger partial charge in [0.1, 0.15) is 5.82 Å². The van der Waals surface area contributed by atoms with E-state index in [0.717, 1.165) is 0 Å². The molecule has 0 radical (unpaired) electrons. The molecule has 0 unspecified atom stereocenters. The van der Waals surface area contributed by atoms with Crippen LogP contribution in [-0.4, -0.2) is 26.5 Å². The minimum Gasteiger partial charge on any atom is -0.870 e. The molecule has 2 heterocycles. The molecule has 0 spiro atoms. The third-order valence-electron chi connectivity index (χ3n) is 2.91. The summed E-state index contributed by atoms with van der Waals surface area (Å²) in [6.45, 7) is 0. The maximum Gasteiger partial charge on any atom is 1.00 e. The molecule has 3 rings (SSSR count). The summed E-state index contributed by atoms with van der Waals surface area (Å²) in [5, 5.41) is 5.39. The quantitative estimate of drug-likeness (QED) is 0.411. The molecule has 0 fully saturated rings. The molecular formula is C12H9FLiN4O2-. The number of pyridine rings is 1. The van der Waals surface area contributed by atoms with Crippen LogP contribution in [0.3, 0.4) is 0 Å². The van der Waals surface area contributed by atoms with E-state index in [1.807, 2.05) is 0 Å². The molecule has 1 aromatic carbocycles. The summed E-state index contributed by atoms with van der Waals surface area (Å²) < 4.78 is 15.1. The number of hydrogen-bond donors (Lipinski definition) is 1. The maximum atomic E-state index is 13.5. The van der Waals surface area contributed by atoms with Gasteiger partial charge >= 0.3 is 18.9 Å². The molecule has 8 heteroatoms. The van der Waals surface area contributed by atoms with Crippen LogP contribution in [0.25, 0.3) is 21.8 Å². The Morgan fingerprint density at radius 3 is 2.70 bits per heavy atom. The van der Waals surface area contributed by atoms with Crippen LogP contribution in [0.5, 0.6) is 0 Å². The van der Waals surface area contributed by atoms with Crippen molar-refractivity contribution in [2.75, 3.05) is 5.73 Å². The van der Waals surface area contributed by atoms with E-state index in [1.54, 1.807) is 24.2 Å². The molecule has 0 aliphatic rings. The summed E-state index contributed by atoms with van der Waals surface area (Å²) >= 11 is 0. The maximum absolute atomic E-state index is 13.5. The number of benzene rings is 1. The van der Waals surface area contributed by atoms with Gasteiger partial charge < -0.3 is 16.0 Å². The first-order valence-electron chi connectivity index (χ1n) is 5.20. The SMILES string of the molecule is Cn1ncc2c(N)nc3cc(F)c([C-]=O)cc3c21.[Li+].[OH-]. The average molecular weight is 267 g/mol. The second-order valence-corrected chi connectivity index (χ2v) is 3.98. The van der Waals surface area contributed by atoms with E-state index in [-0.39, 0.29) is 35.7 Å². The van der Waals surface area contributed by atoms with Crippen LogP contribution >= 0.6 is 0 Å². The van der Waals surface area contributed by atoms with Gasteiger partial charge in [-0.25, -0.2) is 4.98 Å². The number of nitrogens with zero attached hydrogens (tertiary/aromatic N) is 3. The van der Waals surface area contributed by atoms with Crippen molar-refractivity contribution >= 4 is 33.9 Å². The Labute approximate surface area is 125 Å². The van der Waals surface area contributed by atoms with Gasteiger partial charge in [-0.3, -0.25) is 9.07 Å². The molecule has 98 valence electrons. The Hall–Kier alpha value is -1.94. The van der Waals surface area contributed by atoms with Crippen LogP contribution in [0.15, 0.2) is 18.3 Å². The first-order valence-corrected chi connectivity index (χ1v) is 5.20. The summed E-state index contributed by atoms with van der Waals surface area (Å²) in [7, 11) is 1.74. The topological polar surface area (TPSA) is 104 Å². The van der Waals surface area contributed by atoms with Crippen LogP contribution in [0.2, 0.25) is 0 Å². The third-order valence-corrected chi connectivity index (χ3v) is 2.91. The predicted octanol–water partition coefficient (Wildman–Crippen LogP) is -1.87. The molecule has 0 aliphatic carbocycles. The number of rotatable bonds is 1. The minimum atomic E-state index is -0.661. The zero-order chi connectivity index (χ0) is 12.9. The first-order chi connectivity index (χ1) is 8.61. The third kappa shape index (κ3) is 2.16. The number of carbonyl (C=O) groups excluding carboxylic acids is 1. The molecule has 0 aliphatic heterocycles. The number of anilines is 1. The number of aromatic nitrogens is 3. The number of aryl methyl sites for hydroxylation is 1. The van der Waals surface area contributed by atoms with Crippen molar-refractivity contribution in [2.45, 2.75) is 0 Å². The molecule has 0 saturated carbocycles. The molecule has 3 N–H and O–H groups in total. The van der Waals surface area contributed by atoms with Crippen molar-refractivity contribution in [3.05, 3.63) is 29.7 Å². The normalized spacial score (nSPS) is 10.1. The molecular weight excluding hydrogens is 258 g/mol. The fourth-order valence-electron chi connectivity index (χ4n) is 2.06. The van der Waals surface area contributed by atoms with Crippen LogP contribution in [-0.2, 0) is 11.8 Å². The number of hydrogen-bond acceptors (Lipinski definition) is 5. The van der Waals surface area contributed by atoms with Crippen LogP contribution < -0.4 is 24.6 Å². The van der Waals surface area contributed by atoms with E-state index >= 15 is 0 Å². The smallest absolute Gasteiger partial charge is 0.870 e. The van der Waals surface area contributed by atoms with E-state index in [9.17, 15) is 9.18 Å². The van der Waals surface area contributed by atoms with Crippen LogP contribution in [0.4, 0.5) is 10.2 Å². The number of nitrogens with two attached hydrogens (primary N) is 1. The van der Waals surface area contributed by atoms with Gasteiger partial charge in [0, 0.05) is 12.9 Å². The second-order valence-electron chi connectivity index (χ2n) is 3.98. The van der Waals surface area contributed by atoms with E-state index < -0.39 is 5.82 Å². The second kappa shape index (κ2) is 5.59. The van der Waals surface area contributed by atoms with Crippen molar-refractivity contribution in [1.82, 2.24) is 14.8 Å². The Balaban J connectivity index is 0.000001000. The fourth-order valence-corrected chi connectivity index (χ4v) is 2.06. The van der Waals surface area contributed by atoms with E-state index in [0.29, 0.717) is 21.8 Å². The average Bonchev–Trinajstić information content (AvgIpc) is 2.72. The van der Waals surface area contributed by atoms with Crippen molar-refractivity contribution in [2.24, 2.45) is 7.05 Å². The van der Waals surface area contributed by atoms with Gasteiger partial charge in [0.2, 0.25) is 0 Å². The molecule has 2 aromatic heterocycles. The summed E-state index contributed by atoms with van der Waals surface area (Å²) in [6, 6.07) is 2.59. The summed E-state index contributed by atoms with van der Waals surface area (Å²) in [4.78, 5) is 14.8. The van der Waals surface area contributed by atoms with Gasteiger partial charge in [-0.2, -0.15) is 5.10 Å². The molecule has 0 saturated heterocycles. The predicted molar refractivity (Wildman–Crippen MR) is 67.1 cm³/mol. The summed E-state index contributed by atoms with van der Waals surface area (Å²) in [5.74, 6) is -0.376. The summed E-state index contributed by atoms with van der Waals surface area (Å²) in [5.41, 5.74) is 6.77. The first kappa shape index (κ1) is 16.1. The minimum absolute atomic E-state index is 0. The van der Waals surface area contributed by atoms with Crippen LogP contribution in [0.1, 0.15) is 5.56 Å². The number of halogens is 1. The fraction of sp³-hybridized carbons (Fsp3) is 0.0833. The van der Waals surface area contributed by atoms with Crippen LogP contribution in [0, 0.1) is 5.82 Å². The molecule has 20 heavy (non-hydrogen) atoms. The van der Waals surface area contributed by atoms with Gasteiger partial charge in [0.15, 0.2) is 0 Å². The van der Waals surface area contributed by atoms with Gasteiger partial charge in [0.25, 0.3) is 0 Å². The Bertz CT molecular complexity index is 803. The van der Waals surface area contributed by atoms with Crippen molar-refractivity contribution < 1.29 is 33.5 Å². The largest absolute Gasteiger partial charge is 1.00 e. The zero-order valence-electron chi connectivity index (χ0n) is 10.9. The standard InChI is InChI=1S/C12H8FN4O.Li.H2O/c1-17-11-7-2-6(5-18)9(13)3-10(7)16-12(14)8(11)4-15-17;;/h2-4H,1H3,(H2,14,16);;1H2/q-1;+1;/p-1. The Morgan fingerprint density at radius 1 is 1.35 bits per heavy atom. The van der Waals surface area contributed by atoms with Crippen molar-refractivity contribution in [3.8, 4) is 0 Å². The molecule has 0 bridgehead atoms. The zero-order valence-corrected chi connectivity index (χ0v) is 10.9. The van der Waals surface area contributed by atoms with E-state index in [1.165, 1.54) is 12.1 Å². The van der Waals surface area contributed by atoms with Gasteiger partial charge in [-0.1, -0.05) is 6.07 Å². The van der Waals surface area contributed by atoms with Gasteiger partial charge in [0.05, 0.1) is 28.9 Å². The Morgan fingerprint density at radius 2 is 2.05 bits per heavy atom. The van der Waals surface area contributed by atoms with E-state index in [4.69, 9.17) is 5.73 Å². The molecule has 0 atom stereocenters. The number of nitrogen functional groups attached to an aromatic ring is 1. The van der Waals surface area contributed by atoms with E-state index in [2.05, 4.69) is 10.1 Å². The van der Waals surface area contributed by atoms with Crippen molar-refractivity contribution in [3.63, 3.8) is 0 Å². The molecule has 6 nitrogen and oxygen atoms in total. The van der Waals surface area contributed by atoms with Crippen molar-refractivity contribution in [1.29, 1.82) is 0 Å². The number of fused-ring (bicyclic) bond motifs is 3. The molecule has 3 aromatic rings. The van der Waals surface area contributed by atoms with Gasteiger partial charge in [-0.15, -0.1) is 11.6 Å². The monoisotopic (exact) mass is 267 g/mol. The van der Waals surface area contributed by atoms with Gasteiger partial charge in [-0.05, 0) is 5.39 Å². The summed E-state index contributed by atoms with van der Waals surface area (Å²) in [6.07, 6.45) is 3.15.